The zero-order valence-corrected chi connectivity index (χ0v) is 27.6. The van der Waals surface area contributed by atoms with Crippen LogP contribution >= 0.6 is 0 Å². The van der Waals surface area contributed by atoms with Crippen LogP contribution in [-0.2, 0) is 30.6 Å². The summed E-state index contributed by atoms with van der Waals surface area (Å²) in [5.74, 6) is 1.49. The molecule has 242 valence electrons. The summed E-state index contributed by atoms with van der Waals surface area (Å²) in [6, 6.07) is 8.38. The molecule has 4 heterocycles. The number of hydrogen-bond acceptors (Lipinski definition) is 8. The quantitative estimate of drug-likeness (QED) is 0.105. The molecule has 46 heavy (non-hydrogen) atoms. The van der Waals surface area contributed by atoms with Gasteiger partial charge in [-0.05, 0) is 31.4 Å². The van der Waals surface area contributed by atoms with Gasteiger partial charge < -0.3 is 14.0 Å². The Labute approximate surface area is 266 Å². The second-order valence-electron chi connectivity index (χ2n) is 12.7. The maximum atomic E-state index is 13.3. The summed E-state index contributed by atoms with van der Waals surface area (Å²) < 4.78 is 55.0. The highest BCUT2D eigenvalue weighted by atomic mass is 28.3. The van der Waals surface area contributed by atoms with Crippen molar-refractivity contribution in [2.45, 2.75) is 77.2 Å². The average Bonchev–Trinajstić information content (AvgIpc) is 3.68. The number of rotatable bonds is 12. The van der Waals surface area contributed by atoms with Crippen molar-refractivity contribution in [3.8, 4) is 28.7 Å². The third kappa shape index (κ3) is 6.82. The van der Waals surface area contributed by atoms with Crippen LogP contribution in [0.2, 0.25) is 25.7 Å². The lowest BCUT2D eigenvalue weighted by Gasteiger charge is -2.15. The molecule has 1 fully saturated rings. The molecule has 0 radical (unpaired) electrons. The van der Waals surface area contributed by atoms with Crippen LogP contribution in [0.25, 0.3) is 33.8 Å². The van der Waals surface area contributed by atoms with E-state index in [4.69, 9.17) is 24.5 Å². The molecule has 6 rings (SSSR count). The number of nitrogens with zero attached hydrogens (tertiary/aromatic N) is 8. The molecule has 10 nitrogen and oxygen atoms in total. The Morgan fingerprint density at radius 3 is 2.43 bits per heavy atom. The molecule has 0 atom stereocenters. The maximum absolute atomic E-state index is 13.3. The zero-order chi connectivity index (χ0) is 32.6. The standard InChI is InChI=1S/C32H37F3N8O2Si/c1-6-42-17-25(32(33,34)35)39-30(42)22-9-7-20(8-10-22)15-23-28-24(43(41-23)19-45-13-14-46(3,4)5)16-36-29(40-28)26-27(21-11-12-21)37-18-38-31(26)44-2/h7-10,16-18,21H,6,11-15,19H2,1-5H3. The second kappa shape index (κ2) is 12.6. The van der Waals surface area contributed by atoms with Crippen molar-refractivity contribution >= 4 is 19.1 Å². The minimum Gasteiger partial charge on any atom is -0.480 e. The van der Waals surface area contributed by atoms with E-state index < -0.39 is 19.9 Å². The van der Waals surface area contributed by atoms with E-state index in [1.165, 1.54) is 10.9 Å². The molecule has 0 amide bonds. The number of halogens is 3. The normalized spacial score (nSPS) is 13.9. The van der Waals surface area contributed by atoms with Crippen molar-refractivity contribution in [1.29, 1.82) is 0 Å². The van der Waals surface area contributed by atoms with E-state index in [-0.39, 0.29) is 12.6 Å². The minimum absolute atomic E-state index is 0.259. The Balaban J connectivity index is 1.35. The lowest BCUT2D eigenvalue weighted by Crippen LogP contribution is -2.22. The Morgan fingerprint density at radius 1 is 1.02 bits per heavy atom. The van der Waals surface area contributed by atoms with E-state index in [1.807, 2.05) is 12.1 Å². The van der Waals surface area contributed by atoms with E-state index in [9.17, 15) is 13.2 Å². The van der Waals surface area contributed by atoms with Gasteiger partial charge >= 0.3 is 6.18 Å². The first-order chi connectivity index (χ1) is 21.9. The fraction of sp³-hybridized carbons (Fsp3) is 0.438. The van der Waals surface area contributed by atoms with Gasteiger partial charge in [0, 0.05) is 45.3 Å². The van der Waals surface area contributed by atoms with E-state index in [0.29, 0.717) is 53.8 Å². The van der Waals surface area contributed by atoms with Gasteiger partial charge in [0.15, 0.2) is 11.5 Å². The van der Waals surface area contributed by atoms with Gasteiger partial charge in [-0.2, -0.15) is 18.3 Å². The number of aryl methyl sites for hydroxylation is 1. The highest BCUT2D eigenvalue weighted by molar-refractivity contribution is 6.76. The van der Waals surface area contributed by atoms with E-state index >= 15 is 0 Å². The van der Waals surface area contributed by atoms with E-state index in [2.05, 4.69) is 34.6 Å². The van der Waals surface area contributed by atoms with Gasteiger partial charge in [-0.25, -0.2) is 29.6 Å². The van der Waals surface area contributed by atoms with Gasteiger partial charge in [0.2, 0.25) is 5.88 Å². The van der Waals surface area contributed by atoms with Crippen molar-refractivity contribution in [3.63, 3.8) is 0 Å². The molecule has 0 saturated heterocycles. The number of alkyl halides is 3. The molecule has 5 aromatic rings. The van der Waals surface area contributed by atoms with Crippen LogP contribution < -0.4 is 4.74 Å². The zero-order valence-electron chi connectivity index (χ0n) is 26.6. The van der Waals surface area contributed by atoms with Gasteiger partial charge in [-0.1, -0.05) is 43.9 Å². The predicted octanol–water partition coefficient (Wildman–Crippen LogP) is 6.97. The molecule has 1 saturated carbocycles. The summed E-state index contributed by atoms with van der Waals surface area (Å²) in [6.45, 7) is 9.97. The smallest absolute Gasteiger partial charge is 0.434 e. The highest BCUT2D eigenvalue weighted by Crippen LogP contribution is 2.45. The third-order valence-corrected chi connectivity index (χ3v) is 9.69. The van der Waals surface area contributed by atoms with Crippen molar-refractivity contribution in [2.24, 2.45) is 0 Å². The van der Waals surface area contributed by atoms with Gasteiger partial charge in [-0.15, -0.1) is 0 Å². The highest BCUT2D eigenvalue weighted by Gasteiger charge is 2.35. The summed E-state index contributed by atoms with van der Waals surface area (Å²) in [5.41, 5.74) is 4.30. The van der Waals surface area contributed by atoms with Gasteiger partial charge in [-0.3, -0.25) is 0 Å². The van der Waals surface area contributed by atoms with Crippen molar-refractivity contribution in [1.82, 2.24) is 39.3 Å². The van der Waals surface area contributed by atoms with E-state index in [0.717, 1.165) is 47.6 Å². The Morgan fingerprint density at radius 2 is 1.78 bits per heavy atom. The molecule has 0 N–H and O–H groups in total. The van der Waals surface area contributed by atoms with Crippen LogP contribution in [0.15, 0.2) is 43.0 Å². The number of imidazole rings is 1. The average molecular weight is 651 g/mol. The molecule has 0 unspecified atom stereocenters. The molecular weight excluding hydrogens is 613 g/mol. The number of methoxy groups -OCH3 is 1. The second-order valence-corrected chi connectivity index (χ2v) is 18.4. The fourth-order valence-electron chi connectivity index (χ4n) is 5.29. The lowest BCUT2D eigenvalue weighted by molar-refractivity contribution is -0.140. The van der Waals surface area contributed by atoms with Crippen LogP contribution in [0.5, 0.6) is 5.88 Å². The van der Waals surface area contributed by atoms with Crippen LogP contribution in [0.3, 0.4) is 0 Å². The monoisotopic (exact) mass is 650 g/mol. The molecule has 14 heteroatoms. The topological polar surface area (TPSA) is 106 Å². The van der Waals surface area contributed by atoms with Crippen LogP contribution in [0.1, 0.15) is 48.3 Å². The number of fused-ring (bicyclic) bond motifs is 1. The molecule has 1 aromatic carbocycles. The fourth-order valence-corrected chi connectivity index (χ4v) is 6.05. The predicted molar refractivity (Wildman–Crippen MR) is 170 cm³/mol. The summed E-state index contributed by atoms with van der Waals surface area (Å²) in [4.78, 5) is 22.5. The van der Waals surface area contributed by atoms with Crippen LogP contribution in [0, 0.1) is 0 Å². The first-order valence-electron chi connectivity index (χ1n) is 15.4. The number of aromatic nitrogens is 8. The molecule has 1 aliphatic carbocycles. The Hall–Kier alpha value is -4.17. The molecule has 0 spiro atoms. The number of ether oxygens (including phenoxy) is 2. The van der Waals surface area contributed by atoms with Crippen molar-refractivity contribution in [2.75, 3.05) is 13.7 Å². The SMILES string of the molecule is CCn1cc(C(F)(F)F)nc1-c1ccc(Cc2nn(COCC[Si](C)(C)C)c3cnc(-c4c(OC)ncnc4C4CC4)nc23)cc1. The molecule has 1 aliphatic rings. The summed E-state index contributed by atoms with van der Waals surface area (Å²) in [5, 5.41) is 4.90. The largest absolute Gasteiger partial charge is 0.480 e. The van der Waals surface area contributed by atoms with Gasteiger partial charge in [0.1, 0.15) is 35.5 Å². The van der Waals surface area contributed by atoms with Crippen LogP contribution in [-0.4, -0.2) is 61.1 Å². The van der Waals surface area contributed by atoms with Crippen molar-refractivity contribution in [3.05, 3.63) is 65.6 Å². The number of hydrogen-bond donors (Lipinski definition) is 0. The maximum Gasteiger partial charge on any atom is 0.434 e. The van der Waals surface area contributed by atoms with Gasteiger partial charge in [0.05, 0.1) is 24.7 Å². The van der Waals surface area contributed by atoms with Gasteiger partial charge in [0.25, 0.3) is 0 Å². The first-order valence-corrected chi connectivity index (χ1v) is 19.1. The Bertz CT molecular complexity index is 1840. The lowest BCUT2D eigenvalue weighted by atomic mass is 10.1. The summed E-state index contributed by atoms with van der Waals surface area (Å²) in [6.07, 6.45) is 2.32. The third-order valence-electron chi connectivity index (χ3n) is 7.99. The van der Waals surface area contributed by atoms with Crippen LogP contribution in [0.4, 0.5) is 13.2 Å². The summed E-state index contributed by atoms with van der Waals surface area (Å²) in [7, 11) is 0.305. The molecule has 4 aromatic heterocycles. The summed E-state index contributed by atoms with van der Waals surface area (Å²) >= 11 is 0. The molecular formula is C32H37F3N8O2Si. The number of benzene rings is 1. The minimum atomic E-state index is -4.51. The molecule has 0 aliphatic heterocycles. The molecule has 0 bridgehead atoms. The van der Waals surface area contributed by atoms with Crippen molar-refractivity contribution < 1.29 is 22.6 Å². The Kier molecular flexibility index (Phi) is 8.68. The van der Waals surface area contributed by atoms with E-state index in [1.54, 1.807) is 37.0 Å². The first kappa shape index (κ1) is 31.8.